The third kappa shape index (κ3) is 5.39. The summed E-state index contributed by atoms with van der Waals surface area (Å²) in [5.41, 5.74) is 0.261. The monoisotopic (exact) mass is 525 g/mol. The lowest BCUT2D eigenvalue weighted by Crippen LogP contribution is -2.59. The zero-order valence-electron chi connectivity index (χ0n) is 22.9. The minimum atomic E-state index is -0.383. The van der Waals surface area contributed by atoms with Crippen LogP contribution in [0.15, 0.2) is 56.5 Å². The average Bonchev–Trinajstić information content (AvgIpc) is 2.94. The standard InChI is InChI=1S/C27H39N7O4/c1-17(25(35)31-21-13-14-27(21,2)38-6)24-32-22(16-23(28-3)34(24)29-4)30-20-8-7-15-33(26(20)36)18-9-11-19(37-5)12-10-18/h7-8,15-16,18-19,21,28H,4,9-14H2,1-3,5-6H3,(H,30,32)(H,31,35)/b24-17+/t18-,19-,21-,27-/m1/s1. The molecule has 0 unspecified atom stereocenters. The van der Waals surface area contributed by atoms with Crippen LogP contribution in [0.25, 0.3) is 0 Å². The lowest BCUT2D eigenvalue weighted by Gasteiger charge is -2.46. The van der Waals surface area contributed by atoms with E-state index in [9.17, 15) is 9.59 Å². The minimum absolute atomic E-state index is 0.0908. The number of hydrazone groups is 1. The van der Waals surface area contributed by atoms with Gasteiger partial charge in [0.2, 0.25) is 0 Å². The summed E-state index contributed by atoms with van der Waals surface area (Å²) in [5.74, 6) is 0.995. The van der Waals surface area contributed by atoms with Gasteiger partial charge in [0.25, 0.3) is 11.5 Å². The van der Waals surface area contributed by atoms with Gasteiger partial charge in [-0.1, -0.05) is 0 Å². The number of carbonyl (C=O) groups is 1. The molecule has 2 atom stereocenters. The maximum Gasteiger partial charge on any atom is 0.274 e. The van der Waals surface area contributed by atoms with Gasteiger partial charge in [-0.05, 0) is 64.5 Å². The Morgan fingerprint density at radius 1 is 1.24 bits per heavy atom. The van der Waals surface area contributed by atoms with Gasteiger partial charge in [0, 0.05) is 46.3 Å². The van der Waals surface area contributed by atoms with Crippen molar-refractivity contribution in [2.24, 2.45) is 10.1 Å². The Hall–Kier alpha value is -3.44. The molecule has 3 N–H and O–H groups in total. The highest BCUT2D eigenvalue weighted by Gasteiger charge is 2.44. The predicted octanol–water partition coefficient (Wildman–Crippen LogP) is 2.70. The molecule has 1 aromatic rings. The van der Waals surface area contributed by atoms with Gasteiger partial charge >= 0.3 is 0 Å². The molecule has 0 saturated heterocycles. The van der Waals surface area contributed by atoms with Gasteiger partial charge in [-0.3, -0.25) is 9.59 Å². The largest absolute Gasteiger partial charge is 0.381 e. The van der Waals surface area contributed by atoms with Gasteiger partial charge in [0.15, 0.2) is 5.82 Å². The number of rotatable bonds is 8. The van der Waals surface area contributed by atoms with E-state index in [0.29, 0.717) is 28.7 Å². The summed E-state index contributed by atoms with van der Waals surface area (Å²) in [5, 5.41) is 14.8. The second-order valence-corrected chi connectivity index (χ2v) is 10.2. The number of hydrogen-bond acceptors (Lipinski definition) is 9. The van der Waals surface area contributed by atoms with Gasteiger partial charge in [0.05, 0.1) is 23.3 Å². The third-order valence-electron chi connectivity index (χ3n) is 8.05. The molecule has 0 aromatic carbocycles. The molecule has 0 spiro atoms. The van der Waals surface area contributed by atoms with E-state index in [4.69, 9.17) is 9.47 Å². The molecular weight excluding hydrogens is 486 g/mol. The number of carbonyl (C=O) groups excluding carboxylic acids is 1. The van der Waals surface area contributed by atoms with E-state index in [1.54, 1.807) is 44.9 Å². The molecule has 2 heterocycles. The van der Waals surface area contributed by atoms with Crippen LogP contribution in [0.5, 0.6) is 0 Å². The zero-order valence-corrected chi connectivity index (χ0v) is 22.9. The van der Waals surface area contributed by atoms with Crippen molar-refractivity contribution >= 4 is 24.1 Å². The van der Waals surface area contributed by atoms with Crippen molar-refractivity contribution in [3.05, 3.63) is 52.0 Å². The van der Waals surface area contributed by atoms with Crippen LogP contribution in [-0.2, 0) is 14.3 Å². The average molecular weight is 526 g/mol. The number of amides is 1. The van der Waals surface area contributed by atoms with Crippen LogP contribution in [0.3, 0.4) is 0 Å². The highest BCUT2D eigenvalue weighted by Crippen LogP contribution is 2.35. The summed E-state index contributed by atoms with van der Waals surface area (Å²) in [4.78, 5) is 31.2. The number of aliphatic imine (C=N–C) groups is 1. The molecular formula is C27H39N7O4. The first kappa shape index (κ1) is 27.6. The molecule has 2 fully saturated rings. The van der Waals surface area contributed by atoms with Crippen LogP contribution in [0.2, 0.25) is 0 Å². The smallest absolute Gasteiger partial charge is 0.274 e. The van der Waals surface area contributed by atoms with Crippen molar-refractivity contribution in [1.29, 1.82) is 0 Å². The van der Waals surface area contributed by atoms with Gasteiger partial charge in [-0.2, -0.15) is 10.1 Å². The second-order valence-electron chi connectivity index (χ2n) is 10.2. The minimum Gasteiger partial charge on any atom is -0.381 e. The van der Waals surface area contributed by atoms with Gasteiger partial charge < -0.3 is 30.0 Å². The molecule has 0 bridgehead atoms. The number of nitrogens with zero attached hydrogens (tertiary/aromatic N) is 4. The van der Waals surface area contributed by atoms with Crippen molar-refractivity contribution in [3.63, 3.8) is 0 Å². The molecule has 0 radical (unpaired) electrons. The summed E-state index contributed by atoms with van der Waals surface area (Å²) < 4.78 is 12.9. The Morgan fingerprint density at radius 2 is 1.97 bits per heavy atom. The maximum atomic E-state index is 13.4. The molecule has 2 saturated carbocycles. The molecule has 38 heavy (non-hydrogen) atoms. The van der Waals surface area contributed by atoms with Crippen LogP contribution in [0.4, 0.5) is 5.69 Å². The van der Waals surface area contributed by atoms with Crippen LogP contribution in [0, 0.1) is 0 Å². The molecule has 206 valence electrons. The number of hydrogen-bond donors (Lipinski definition) is 3. The predicted molar refractivity (Wildman–Crippen MR) is 148 cm³/mol. The third-order valence-corrected chi connectivity index (χ3v) is 8.05. The van der Waals surface area contributed by atoms with Crippen LogP contribution in [0.1, 0.15) is 58.4 Å². The molecule has 1 amide bonds. The van der Waals surface area contributed by atoms with E-state index in [2.05, 4.69) is 32.8 Å². The summed E-state index contributed by atoms with van der Waals surface area (Å²) in [7, 11) is 5.13. The first-order chi connectivity index (χ1) is 18.2. The van der Waals surface area contributed by atoms with Crippen molar-refractivity contribution in [2.75, 3.05) is 26.6 Å². The summed E-state index contributed by atoms with van der Waals surface area (Å²) in [6.45, 7) is 7.33. The van der Waals surface area contributed by atoms with E-state index in [1.807, 2.05) is 19.2 Å². The lowest BCUT2D eigenvalue weighted by molar-refractivity contribution is -0.127. The molecule has 1 aliphatic heterocycles. The highest BCUT2D eigenvalue weighted by molar-refractivity contribution is 6.06. The fourth-order valence-electron chi connectivity index (χ4n) is 5.25. The SMILES string of the molecule is C=NN1C(NC)=CC(Nc2cccn([C@H]3CC[C@H](OC)CC3)c2=O)=N/C1=C(/C)C(=O)N[C@@H]1CC[C@@]1(C)OC. The van der Waals surface area contributed by atoms with Crippen molar-refractivity contribution in [1.82, 2.24) is 20.2 Å². The molecule has 11 heteroatoms. The number of amidine groups is 1. The zero-order chi connectivity index (χ0) is 27.4. The molecule has 4 rings (SSSR count). The Labute approximate surface area is 223 Å². The first-order valence-electron chi connectivity index (χ1n) is 13.1. The molecule has 11 nitrogen and oxygen atoms in total. The van der Waals surface area contributed by atoms with Gasteiger partial charge in [0.1, 0.15) is 17.3 Å². The molecule has 2 aliphatic carbocycles. The lowest BCUT2D eigenvalue weighted by atomic mass is 9.76. The van der Waals surface area contributed by atoms with Crippen LogP contribution >= 0.6 is 0 Å². The highest BCUT2D eigenvalue weighted by atomic mass is 16.5. The summed E-state index contributed by atoms with van der Waals surface area (Å²) in [6.07, 6.45) is 9.15. The number of pyridine rings is 1. The number of aromatic nitrogens is 1. The molecule has 1 aromatic heterocycles. The number of nitrogens with one attached hydrogen (secondary N) is 3. The quantitative estimate of drug-likeness (QED) is 0.352. The first-order valence-corrected chi connectivity index (χ1v) is 13.1. The Kier molecular flexibility index (Phi) is 8.37. The topological polar surface area (TPSA) is 122 Å². The van der Waals surface area contributed by atoms with Crippen molar-refractivity contribution in [3.8, 4) is 0 Å². The Bertz CT molecular complexity index is 1210. The van der Waals surface area contributed by atoms with Crippen molar-refractivity contribution in [2.45, 2.75) is 76.2 Å². The van der Waals surface area contributed by atoms with Crippen LogP contribution < -0.4 is 21.5 Å². The van der Waals surface area contributed by atoms with E-state index < -0.39 is 0 Å². The fourth-order valence-corrected chi connectivity index (χ4v) is 5.25. The van der Waals surface area contributed by atoms with E-state index >= 15 is 0 Å². The normalized spacial score (nSPS) is 28.4. The Morgan fingerprint density at radius 3 is 2.55 bits per heavy atom. The number of ether oxygens (including phenoxy) is 2. The summed E-state index contributed by atoms with van der Waals surface area (Å²) in [6, 6.07) is 3.63. The summed E-state index contributed by atoms with van der Waals surface area (Å²) >= 11 is 0. The van der Waals surface area contributed by atoms with E-state index in [1.165, 1.54) is 5.01 Å². The van der Waals surface area contributed by atoms with Gasteiger partial charge in [-0.25, -0.2) is 4.99 Å². The number of anilines is 1. The van der Waals surface area contributed by atoms with Crippen molar-refractivity contribution < 1.29 is 14.3 Å². The van der Waals surface area contributed by atoms with E-state index in [0.717, 1.165) is 38.5 Å². The van der Waals surface area contributed by atoms with Crippen LogP contribution in [-0.4, -0.2) is 67.1 Å². The fraction of sp³-hybridized carbons (Fsp3) is 0.556. The second kappa shape index (κ2) is 11.5. The maximum absolute atomic E-state index is 13.4. The molecule has 3 aliphatic rings. The number of methoxy groups -OCH3 is 2. The van der Waals surface area contributed by atoms with E-state index in [-0.39, 0.29) is 35.3 Å². The Balaban J connectivity index is 1.60. The van der Waals surface area contributed by atoms with Gasteiger partial charge in [-0.15, -0.1) is 0 Å².